The minimum atomic E-state index is -1.01. The van der Waals surface area contributed by atoms with E-state index < -0.39 is 8.07 Å². The van der Waals surface area contributed by atoms with Crippen molar-refractivity contribution in [2.75, 3.05) is 20.5 Å². The Kier molecular flexibility index (Phi) is 6.68. The van der Waals surface area contributed by atoms with Gasteiger partial charge in [-0.25, -0.2) is 0 Å². The summed E-state index contributed by atoms with van der Waals surface area (Å²) >= 11 is 0. The van der Waals surface area contributed by atoms with E-state index in [-0.39, 0.29) is 17.5 Å². The van der Waals surface area contributed by atoms with Crippen molar-refractivity contribution in [2.45, 2.75) is 64.4 Å². The van der Waals surface area contributed by atoms with Crippen molar-refractivity contribution in [3.05, 3.63) is 0 Å². The minimum Gasteiger partial charge on any atom is -0.469 e. The summed E-state index contributed by atoms with van der Waals surface area (Å²) in [7, 11) is 0.446. The molecular formula is C15H30O4Si. The van der Waals surface area contributed by atoms with Crippen molar-refractivity contribution in [1.29, 1.82) is 0 Å². The largest absolute Gasteiger partial charge is 0.469 e. The molecule has 0 bridgehead atoms. The molecule has 0 N–H and O–H groups in total. The Morgan fingerprint density at radius 2 is 1.85 bits per heavy atom. The van der Waals surface area contributed by atoms with Crippen molar-refractivity contribution >= 4 is 14.0 Å². The maximum Gasteiger partial charge on any atom is 0.311 e. The summed E-state index contributed by atoms with van der Waals surface area (Å²) in [4.78, 5) is 11.7. The lowest BCUT2D eigenvalue weighted by Gasteiger charge is -2.34. The number of rotatable bonds is 7. The predicted octanol–water partition coefficient (Wildman–Crippen LogP) is 3.44. The second kappa shape index (κ2) is 7.57. The molecule has 0 spiro atoms. The topological polar surface area (TPSA) is 44.8 Å². The molecule has 0 unspecified atom stereocenters. The number of esters is 1. The number of carbonyl (C=O) groups excluding carboxylic acids is 1. The highest BCUT2D eigenvalue weighted by Crippen LogP contribution is 2.37. The van der Waals surface area contributed by atoms with Gasteiger partial charge in [0.05, 0.1) is 18.6 Å². The smallest absolute Gasteiger partial charge is 0.311 e. The van der Waals surface area contributed by atoms with Crippen molar-refractivity contribution in [1.82, 2.24) is 0 Å². The zero-order chi connectivity index (χ0) is 15.2. The third-order valence-corrected chi connectivity index (χ3v) is 5.80. The Hall–Kier alpha value is -0.393. The normalized spacial score (nSPS) is 27.4. The minimum absolute atomic E-state index is 0.0951. The fraction of sp³-hybridized carbons (Fsp3) is 0.933. The van der Waals surface area contributed by atoms with Crippen LogP contribution in [-0.4, -0.2) is 40.7 Å². The van der Waals surface area contributed by atoms with Gasteiger partial charge < -0.3 is 14.2 Å². The zero-order valence-electron chi connectivity index (χ0n) is 13.7. The molecule has 1 fully saturated rings. The Balaban J connectivity index is 2.15. The van der Waals surface area contributed by atoms with Crippen LogP contribution in [0.4, 0.5) is 0 Å². The lowest BCUT2D eigenvalue weighted by atomic mass is 9.75. The summed E-state index contributed by atoms with van der Waals surface area (Å²) in [5, 5.41) is 0. The molecule has 0 heterocycles. The second-order valence-electron chi connectivity index (χ2n) is 7.26. The lowest BCUT2D eigenvalue weighted by molar-refractivity contribution is -0.157. The van der Waals surface area contributed by atoms with Gasteiger partial charge in [0.15, 0.2) is 0 Å². The Labute approximate surface area is 124 Å². The first-order valence-corrected chi connectivity index (χ1v) is 11.3. The van der Waals surface area contributed by atoms with Crippen LogP contribution in [0.3, 0.4) is 0 Å². The van der Waals surface area contributed by atoms with E-state index in [1.165, 1.54) is 13.2 Å². The summed E-state index contributed by atoms with van der Waals surface area (Å²) in [6.45, 7) is 10.2. The number of methoxy groups -OCH3 is 1. The van der Waals surface area contributed by atoms with Gasteiger partial charge in [0, 0.05) is 14.7 Å². The molecule has 118 valence electrons. The van der Waals surface area contributed by atoms with Gasteiger partial charge in [0.1, 0.15) is 6.79 Å². The fourth-order valence-corrected chi connectivity index (χ4v) is 3.18. The molecule has 1 aliphatic rings. The van der Waals surface area contributed by atoms with E-state index in [2.05, 4.69) is 19.6 Å². The third kappa shape index (κ3) is 5.93. The van der Waals surface area contributed by atoms with Gasteiger partial charge in [-0.15, -0.1) is 0 Å². The summed E-state index contributed by atoms with van der Waals surface area (Å²) < 4.78 is 16.2. The predicted molar refractivity (Wildman–Crippen MR) is 82.4 cm³/mol. The zero-order valence-corrected chi connectivity index (χ0v) is 14.7. The molecule has 0 aromatic heterocycles. The molecular weight excluding hydrogens is 272 g/mol. The molecule has 0 aromatic rings. The van der Waals surface area contributed by atoms with Gasteiger partial charge in [-0.1, -0.05) is 19.6 Å². The summed E-state index contributed by atoms with van der Waals surface area (Å²) in [6.07, 6.45) is 3.70. The molecule has 0 radical (unpaired) electrons. The van der Waals surface area contributed by atoms with Gasteiger partial charge in [-0.2, -0.15) is 0 Å². The molecule has 1 rings (SSSR count). The van der Waals surface area contributed by atoms with Crippen LogP contribution in [0, 0.1) is 5.41 Å². The second-order valence-corrected chi connectivity index (χ2v) is 12.9. The average Bonchev–Trinajstić information content (AvgIpc) is 2.38. The van der Waals surface area contributed by atoms with Crippen LogP contribution in [0.15, 0.2) is 0 Å². The molecule has 20 heavy (non-hydrogen) atoms. The first kappa shape index (κ1) is 17.7. The van der Waals surface area contributed by atoms with Gasteiger partial charge in [-0.3, -0.25) is 4.79 Å². The van der Waals surface area contributed by atoms with Gasteiger partial charge in [-0.05, 0) is 38.7 Å². The quantitative estimate of drug-likeness (QED) is 0.313. The molecule has 0 amide bonds. The highest BCUT2D eigenvalue weighted by atomic mass is 28.3. The van der Waals surface area contributed by atoms with Crippen molar-refractivity contribution in [3.63, 3.8) is 0 Å². The van der Waals surface area contributed by atoms with Crippen LogP contribution < -0.4 is 0 Å². The first-order chi connectivity index (χ1) is 9.27. The van der Waals surface area contributed by atoms with Crippen LogP contribution in [0.1, 0.15) is 32.6 Å². The number of hydrogen-bond donors (Lipinski definition) is 0. The van der Waals surface area contributed by atoms with E-state index in [4.69, 9.17) is 14.2 Å². The number of carbonyl (C=O) groups is 1. The summed E-state index contributed by atoms with van der Waals surface area (Å²) in [6, 6.07) is 1.17. The monoisotopic (exact) mass is 302 g/mol. The summed E-state index contributed by atoms with van der Waals surface area (Å²) in [5.41, 5.74) is -0.326. The van der Waals surface area contributed by atoms with Crippen LogP contribution in [0.5, 0.6) is 0 Å². The van der Waals surface area contributed by atoms with Gasteiger partial charge >= 0.3 is 5.97 Å². The highest BCUT2D eigenvalue weighted by Gasteiger charge is 2.38. The van der Waals surface area contributed by atoms with E-state index >= 15 is 0 Å². The van der Waals surface area contributed by atoms with Crippen LogP contribution in [-0.2, 0) is 19.0 Å². The first-order valence-electron chi connectivity index (χ1n) is 7.55. The van der Waals surface area contributed by atoms with Crippen molar-refractivity contribution in [3.8, 4) is 0 Å². The lowest BCUT2D eigenvalue weighted by Crippen LogP contribution is -2.36. The Morgan fingerprint density at radius 3 is 2.35 bits per heavy atom. The van der Waals surface area contributed by atoms with Crippen molar-refractivity contribution in [2.24, 2.45) is 5.41 Å². The van der Waals surface area contributed by atoms with E-state index in [9.17, 15) is 4.79 Å². The van der Waals surface area contributed by atoms with E-state index in [0.29, 0.717) is 6.79 Å². The molecule has 0 aliphatic heterocycles. The van der Waals surface area contributed by atoms with E-state index in [0.717, 1.165) is 32.3 Å². The Morgan fingerprint density at radius 1 is 1.25 bits per heavy atom. The third-order valence-electron chi connectivity index (χ3n) is 4.10. The van der Waals surface area contributed by atoms with E-state index in [1.807, 2.05) is 6.92 Å². The summed E-state index contributed by atoms with van der Waals surface area (Å²) in [5.74, 6) is -0.0951. The standard InChI is InChI=1S/C15H30O4Si/c1-15(14(16)17-2)8-6-13(7-9-15)19-12-18-10-11-20(3,4)5/h13H,6-12H2,1-5H3. The average molecular weight is 302 g/mol. The van der Waals surface area contributed by atoms with Crippen LogP contribution >= 0.6 is 0 Å². The van der Waals surface area contributed by atoms with Gasteiger partial charge in [0.25, 0.3) is 0 Å². The molecule has 0 aromatic carbocycles. The van der Waals surface area contributed by atoms with Crippen LogP contribution in [0.25, 0.3) is 0 Å². The molecule has 0 saturated heterocycles. The number of hydrogen-bond acceptors (Lipinski definition) is 4. The van der Waals surface area contributed by atoms with E-state index in [1.54, 1.807) is 0 Å². The fourth-order valence-electron chi connectivity index (χ4n) is 2.43. The van der Waals surface area contributed by atoms with Crippen LogP contribution in [0.2, 0.25) is 25.7 Å². The molecule has 1 aliphatic carbocycles. The SMILES string of the molecule is COC(=O)C1(C)CCC(OCOCC[Si](C)(C)C)CC1. The number of ether oxygens (including phenoxy) is 3. The molecule has 1 saturated carbocycles. The molecule has 4 nitrogen and oxygen atoms in total. The molecule has 0 atom stereocenters. The maximum atomic E-state index is 11.7. The maximum absolute atomic E-state index is 11.7. The Bertz CT molecular complexity index is 303. The van der Waals surface area contributed by atoms with Crippen molar-refractivity contribution < 1.29 is 19.0 Å². The van der Waals surface area contributed by atoms with Gasteiger partial charge in [0.2, 0.25) is 0 Å². The highest BCUT2D eigenvalue weighted by molar-refractivity contribution is 6.76. The molecule has 5 heteroatoms.